The highest BCUT2D eigenvalue weighted by Crippen LogP contribution is 2.32. The second-order valence-electron chi connectivity index (χ2n) is 8.01. The van der Waals surface area contributed by atoms with Gasteiger partial charge >= 0.3 is 0 Å². The summed E-state index contributed by atoms with van der Waals surface area (Å²) in [6, 6.07) is 21.6. The van der Waals surface area contributed by atoms with E-state index in [0.29, 0.717) is 12.8 Å². The van der Waals surface area contributed by atoms with Crippen LogP contribution >= 0.6 is 0 Å². The Labute approximate surface area is 190 Å². The third-order valence-electron chi connectivity index (χ3n) is 5.73. The molecule has 0 aromatic heterocycles. The summed E-state index contributed by atoms with van der Waals surface area (Å²) in [5.41, 5.74) is 4.83. The van der Waals surface area contributed by atoms with Crippen molar-refractivity contribution in [1.29, 1.82) is 0 Å². The molecule has 1 atom stereocenters. The molecule has 0 fully saturated rings. The van der Waals surface area contributed by atoms with Crippen LogP contribution in [0.25, 0.3) is 22.4 Å². The van der Waals surface area contributed by atoms with Gasteiger partial charge in [-0.1, -0.05) is 92.7 Å². The Hall–Kier alpha value is -3.14. The molecule has 166 valence electrons. The van der Waals surface area contributed by atoms with Gasteiger partial charge in [0.05, 0.1) is 12.7 Å². The molecule has 3 aromatic carbocycles. The zero-order valence-electron chi connectivity index (χ0n) is 18.7. The number of aliphatic hydroxyl groups excluding tert-OH is 2. The van der Waals surface area contributed by atoms with Gasteiger partial charge < -0.3 is 15.3 Å². The van der Waals surface area contributed by atoms with Crippen molar-refractivity contribution in [3.63, 3.8) is 0 Å². The highest BCUT2D eigenvalue weighted by Gasteiger charge is 2.15. The molecule has 0 aliphatic heterocycles. The standard InChI is InChI=1S/C29H32O3/c1-3-9-21(2)25(18-19-30)28(31)16-14-23(22-10-5-4-6-11-22)20-24-15-17-29(32)27-13-8-7-12-26(24)27/h4-8,10-13,15,17-18,20,28,30-32H,2-3,9,14,16,19H2,1H3/b23-20-,25-18-. The highest BCUT2D eigenvalue weighted by atomic mass is 16.3. The van der Waals surface area contributed by atoms with Gasteiger partial charge in [-0.05, 0) is 58.6 Å². The summed E-state index contributed by atoms with van der Waals surface area (Å²) in [6.07, 6.45) is 6.03. The summed E-state index contributed by atoms with van der Waals surface area (Å²) in [5.74, 6) is 0.266. The predicted octanol–water partition coefficient (Wildman–Crippen LogP) is 6.50. The summed E-state index contributed by atoms with van der Waals surface area (Å²) in [6.45, 7) is 6.06. The van der Waals surface area contributed by atoms with Gasteiger partial charge in [-0.25, -0.2) is 0 Å². The van der Waals surface area contributed by atoms with Crippen molar-refractivity contribution in [1.82, 2.24) is 0 Å². The van der Waals surface area contributed by atoms with E-state index in [1.54, 1.807) is 12.1 Å². The molecule has 1 unspecified atom stereocenters. The second kappa shape index (κ2) is 11.5. The number of phenolic OH excluding ortho intramolecular Hbond substituents is 1. The highest BCUT2D eigenvalue weighted by molar-refractivity contribution is 5.98. The van der Waals surface area contributed by atoms with E-state index in [2.05, 4.69) is 31.7 Å². The van der Waals surface area contributed by atoms with E-state index in [4.69, 9.17) is 0 Å². The van der Waals surface area contributed by atoms with Gasteiger partial charge in [-0.2, -0.15) is 0 Å². The Morgan fingerprint density at radius 1 is 0.938 bits per heavy atom. The molecule has 3 aromatic rings. The zero-order valence-corrected chi connectivity index (χ0v) is 18.7. The van der Waals surface area contributed by atoms with Crippen molar-refractivity contribution >= 4 is 22.4 Å². The average Bonchev–Trinajstić information content (AvgIpc) is 2.82. The Morgan fingerprint density at radius 2 is 1.62 bits per heavy atom. The number of rotatable bonds is 10. The van der Waals surface area contributed by atoms with E-state index < -0.39 is 6.10 Å². The lowest BCUT2D eigenvalue weighted by Crippen LogP contribution is -2.13. The molecule has 3 rings (SSSR count). The van der Waals surface area contributed by atoms with Crippen LogP contribution in [0.2, 0.25) is 0 Å². The minimum absolute atomic E-state index is 0.115. The van der Waals surface area contributed by atoms with Gasteiger partial charge in [0.25, 0.3) is 0 Å². The van der Waals surface area contributed by atoms with Gasteiger partial charge in [-0.15, -0.1) is 0 Å². The zero-order chi connectivity index (χ0) is 22.9. The van der Waals surface area contributed by atoms with Crippen molar-refractivity contribution < 1.29 is 15.3 Å². The molecule has 0 aliphatic carbocycles. The van der Waals surface area contributed by atoms with Crippen LogP contribution < -0.4 is 0 Å². The predicted molar refractivity (Wildman–Crippen MR) is 134 cm³/mol. The maximum absolute atomic E-state index is 10.9. The fourth-order valence-corrected chi connectivity index (χ4v) is 4.08. The second-order valence-corrected chi connectivity index (χ2v) is 8.01. The van der Waals surface area contributed by atoms with Crippen LogP contribution in [-0.4, -0.2) is 28.0 Å². The molecule has 32 heavy (non-hydrogen) atoms. The maximum Gasteiger partial charge on any atom is 0.123 e. The number of benzene rings is 3. The van der Waals surface area contributed by atoms with Crippen molar-refractivity contribution in [2.24, 2.45) is 0 Å². The van der Waals surface area contributed by atoms with Crippen molar-refractivity contribution in [3.8, 4) is 5.75 Å². The molecule has 3 heteroatoms. The molecule has 0 bridgehead atoms. The van der Waals surface area contributed by atoms with Gasteiger partial charge in [-0.3, -0.25) is 0 Å². The van der Waals surface area contributed by atoms with E-state index >= 15 is 0 Å². The maximum atomic E-state index is 10.9. The van der Waals surface area contributed by atoms with Crippen LogP contribution in [0.3, 0.4) is 0 Å². The Bertz CT molecular complexity index is 1110. The molecule has 0 saturated carbocycles. The number of hydrogen-bond acceptors (Lipinski definition) is 3. The molecule has 0 radical (unpaired) electrons. The Balaban J connectivity index is 1.94. The molecule has 0 heterocycles. The summed E-state index contributed by atoms with van der Waals surface area (Å²) in [5, 5.41) is 32.4. The van der Waals surface area contributed by atoms with Crippen LogP contribution in [0, 0.1) is 0 Å². The third-order valence-corrected chi connectivity index (χ3v) is 5.73. The van der Waals surface area contributed by atoms with E-state index in [1.807, 2.05) is 48.5 Å². The summed E-state index contributed by atoms with van der Waals surface area (Å²) in [4.78, 5) is 0. The van der Waals surface area contributed by atoms with E-state index in [9.17, 15) is 15.3 Å². The number of aromatic hydroxyl groups is 1. The number of fused-ring (bicyclic) bond motifs is 1. The van der Waals surface area contributed by atoms with Gasteiger partial charge in [0, 0.05) is 5.39 Å². The minimum Gasteiger partial charge on any atom is -0.507 e. The largest absolute Gasteiger partial charge is 0.507 e. The fourth-order valence-electron chi connectivity index (χ4n) is 4.08. The molecule has 3 N–H and O–H groups in total. The lowest BCUT2D eigenvalue weighted by molar-refractivity contribution is 0.202. The average molecular weight is 429 g/mol. The number of allylic oxidation sites excluding steroid dienone is 1. The van der Waals surface area contributed by atoms with Crippen LogP contribution in [0.1, 0.15) is 43.7 Å². The Kier molecular flexibility index (Phi) is 8.43. The molecule has 0 spiro atoms. The van der Waals surface area contributed by atoms with Gasteiger partial charge in [0.15, 0.2) is 0 Å². The summed E-state index contributed by atoms with van der Waals surface area (Å²) < 4.78 is 0. The van der Waals surface area contributed by atoms with Crippen LogP contribution in [-0.2, 0) is 0 Å². The Morgan fingerprint density at radius 3 is 2.31 bits per heavy atom. The van der Waals surface area contributed by atoms with E-state index in [1.165, 1.54) is 0 Å². The quantitative estimate of drug-likeness (QED) is 0.255. The molecule has 0 aliphatic rings. The minimum atomic E-state index is -0.690. The summed E-state index contributed by atoms with van der Waals surface area (Å²) >= 11 is 0. The van der Waals surface area contributed by atoms with Gasteiger partial charge in [0.2, 0.25) is 0 Å². The van der Waals surface area contributed by atoms with Crippen molar-refractivity contribution in [2.45, 2.75) is 38.7 Å². The van der Waals surface area contributed by atoms with Crippen LogP contribution in [0.15, 0.2) is 90.5 Å². The van der Waals surface area contributed by atoms with E-state index in [0.717, 1.165) is 51.5 Å². The molecular formula is C29H32O3. The number of phenols is 1. The first-order chi connectivity index (χ1) is 15.5. The molecule has 0 saturated heterocycles. The first-order valence-corrected chi connectivity index (χ1v) is 11.2. The topological polar surface area (TPSA) is 60.7 Å². The summed E-state index contributed by atoms with van der Waals surface area (Å²) in [7, 11) is 0. The number of aliphatic hydroxyl groups is 2. The van der Waals surface area contributed by atoms with Crippen molar-refractivity contribution in [3.05, 3.63) is 102 Å². The fraction of sp³-hybridized carbons (Fsp3) is 0.241. The lowest BCUT2D eigenvalue weighted by Gasteiger charge is -2.18. The van der Waals surface area contributed by atoms with Crippen molar-refractivity contribution in [2.75, 3.05) is 6.61 Å². The third kappa shape index (κ3) is 5.76. The smallest absolute Gasteiger partial charge is 0.123 e. The van der Waals surface area contributed by atoms with E-state index in [-0.39, 0.29) is 12.4 Å². The monoisotopic (exact) mass is 428 g/mol. The van der Waals surface area contributed by atoms with Crippen LogP contribution in [0.4, 0.5) is 0 Å². The molecular weight excluding hydrogens is 396 g/mol. The van der Waals surface area contributed by atoms with Gasteiger partial charge in [0.1, 0.15) is 5.75 Å². The first-order valence-electron chi connectivity index (χ1n) is 11.2. The molecule has 3 nitrogen and oxygen atoms in total. The van der Waals surface area contributed by atoms with Crippen LogP contribution in [0.5, 0.6) is 5.75 Å². The number of hydrogen-bond donors (Lipinski definition) is 3. The first kappa shape index (κ1) is 23.5. The normalized spacial score (nSPS) is 13.3. The molecule has 0 amide bonds. The SMILES string of the molecule is C=C(CCC)/C(=C/CO)C(O)CC/C(=C/c1ccc(O)c2ccccc12)c1ccccc1. The lowest BCUT2D eigenvalue weighted by atomic mass is 9.91.